The van der Waals surface area contributed by atoms with Gasteiger partial charge < -0.3 is 69.8 Å². The molecular formula is C66H80N12O10S2. The molecule has 0 fully saturated rings. The van der Waals surface area contributed by atoms with E-state index in [4.69, 9.17) is 17.2 Å². The number of benzene rings is 6. The molecule has 0 saturated carbocycles. The summed E-state index contributed by atoms with van der Waals surface area (Å²) in [5.41, 5.74) is 21.3. The number of fused-ring (bicyclic) bond motifs is 3. The second kappa shape index (κ2) is 33.0. The summed E-state index contributed by atoms with van der Waals surface area (Å²) in [7, 11) is 0. The van der Waals surface area contributed by atoms with Crippen molar-refractivity contribution in [1.82, 2.24) is 47.5 Å². The van der Waals surface area contributed by atoms with Crippen molar-refractivity contribution in [2.45, 2.75) is 120 Å². The Morgan fingerprint density at radius 2 is 0.944 bits per heavy atom. The summed E-state index contributed by atoms with van der Waals surface area (Å²) in [6.45, 7) is 5.03. The quantitative estimate of drug-likeness (QED) is 0.0214. The zero-order valence-corrected chi connectivity index (χ0v) is 52.2. The second-order valence-electron chi connectivity index (χ2n) is 22.7. The molecule has 0 unspecified atom stereocenters. The average Bonchev–Trinajstić information content (AvgIpc) is 2.72. The number of carbonyl (C=O) groups is 9. The minimum absolute atomic E-state index is 0.0408. The lowest BCUT2D eigenvalue weighted by molar-refractivity contribution is -0.136. The minimum Gasteiger partial charge on any atom is -0.508 e. The van der Waals surface area contributed by atoms with Crippen LogP contribution in [0.5, 0.6) is 5.75 Å². The monoisotopic (exact) mass is 1260 g/mol. The number of nitrogens with one attached hydrogen (secondary N) is 9. The van der Waals surface area contributed by atoms with Crippen LogP contribution in [0.2, 0.25) is 0 Å². The number of hydrogen-bond donors (Lipinski definition) is 15. The number of H-pyrrole nitrogens is 1. The molecule has 7 rings (SSSR count). The number of para-hydroxylation sites is 1. The van der Waals surface area contributed by atoms with Gasteiger partial charge in [-0.15, -0.1) is 0 Å². The Bertz CT molecular complexity index is 3680. The molecule has 22 nitrogen and oxygen atoms in total. The molecule has 0 radical (unpaired) electrons. The van der Waals surface area contributed by atoms with E-state index in [0.717, 1.165) is 43.6 Å². The van der Waals surface area contributed by atoms with Crippen LogP contribution in [0.3, 0.4) is 0 Å². The molecule has 16 N–H and O–H groups in total. The number of thiol groups is 2. The van der Waals surface area contributed by atoms with Crippen LogP contribution >= 0.6 is 25.3 Å². The van der Waals surface area contributed by atoms with E-state index in [1.165, 1.54) is 19.1 Å². The highest BCUT2D eigenvalue weighted by Gasteiger charge is 2.36. The van der Waals surface area contributed by atoms with Crippen molar-refractivity contribution in [3.63, 3.8) is 0 Å². The molecule has 0 bridgehead atoms. The van der Waals surface area contributed by atoms with Crippen LogP contribution in [-0.2, 0) is 68.8 Å². The van der Waals surface area contributed by atoms with Gasteiger partial charge in [0.05, 0.1) is 6.04 Å². The number of hydrogen-bond acceptors (Lipinski definition) is 14. The molecule has 1 heterocycles. The van der Waals surface area contributed by atoms with Gasteiger partial charge in [-0.2, -0.15) is 25.3 Å². The summed E-state index contributed by atoms with van der Waals surface area (Å²) in [6.07, 6.45) is 2.47. The fourth-order valence-corrected chi connectivity index (χ4v) is 10.8. The SMILES string of the molecule is CC(C)[C@H](NC(=O)[C@H](CCCCN)NC(=O)[C@@H](Cc1c[nH]c2ccccc12)NC(=O)[C@H](Cc1ccc(O)cc1)NC(=O)[C@H](CS)NC(=O)[C@@H](C)NC(=O)[C@H](N)Cc1ccc2ccccc2c1)C(=O)N[C@@H](CS)C(=O)N[C@@H](Cc1ccc2ccccc2c1)C(N)=O. The number of nitrogens with two attached hydrogens (primary N) is 3. The average molecular weight is 1270 g/mol. The highest BCUT2D eigenvalue weighted by molar-refractivity contribution is 7.80. The summed E-state index contributed by atoms with van der Waals surface area (Å²) in [4.78, 5) is 129. The molecule has 6 aromatic carbocycles. The van der Waals surface area contributed by atoms with Crippen LogP contribution in [-0.4, -0.2) is 136 Å². The Morgan fingerprint density at radius 1 is 0.478 bits per heavy atom. The van der Waals surface area contributed by atoms with Gasteiger partial charge in [0.1, 0.15) is 54.1 Å². The number of carbonyl (C=O) groups excluding carboxylic acids is 9. The molecule has 0 aliphatic rings. The summed E-state index contributed by atoms with van der Waals surface area (Å²) in [5.74, 6) is -8.00. The van der Waals surface area contributed by atoms with Gasteiger partial charge in [0.2, 0.25) is 53.2 Å². The number of aromatic nitrogens is 1. The van der Waals surface area contributed by atoms with Gasteiger partial charge in [-0.05, 0) is 107 Å². The first kappa shape index (κ1) is 68.5. The van der Waals surface area contributed by atoms with Gasteiger partial charge in [-0.1, -0.05) is 129 Å². The predicted octanol–water partition coefficient (Wildman–Crippen LogP) is 2.81. The van der Waals surface area contributed by atoms with Crippen molar-refractivity contribution in [2.75, 3.05) is 18.1 Å². The number of unbranched alkanes of at least 4 members (excludes halogenated alkanes) is 1. The van der Waals surface area contributed by atoms with Crippen molar-refractivity contribution in [3.8, 4) is 5.75 Å². The number of primary amides is 1. The molecule has 476 valence electrons. The topological polar surface area (TPSA) is 364 Å². The molecule has 0 saturated heterocycles. The van der Waals surface area contributed by atoms with Gasteiger partial charge in [0.15, 0.2) is 0 Å². The lowest BCUT2D eigenvalue weighted by Gasteiger charge is -2.29. The van der Waals surface area contributed by atoms with Crippen LogP contribution in [0.4, 0.5) is 0 Å². The fraction of sp³-hybridized carbons (Fsp3) is 0.348. The molecule has 1 aromatic heterocycles. The van der Waals surface area contributed by atoms with E-state index in [1.54, 1.807) is 38.2 Å². The van der Waals surface area contributed by atoms with E-state index in [9.17, 15) is 48.3 Å². The third-order valence-corrected chi connectivity index (χ3v) is 16.2. The first-order valence-corrected chi connectivity index (χ1v) is 31.1. The van der Waals surface area contributed by atoms with Crippen LogP contribution in [0.25, 0.3) is 32.4 Å². The zero-order chi connectivity index (χ0) is 65.0. The van der Waals surface area contributed by atoms with Gasteiger partial charge in [0.25, 0.3) is 0 Å². The van der Waals surface area contributed by atoms with Crippen molar-refractivity contribution in [1.29, 1.82) is 0 Å². The number of phenolic OH excluding ortho intramolecular Hbond substituents is 1. The molecular weight excluding hydrogens is 1180 g/mol. The van der Waals surface area contributed by atoms with Crippen LogP contribution < -0.4 is 59.7 Å². The maximum Gasteiger partial charge on any atom is 0.244 e. The van der Waals surface area contributed by atoms with E-state index in [-0.39, 0.29) is 55.9 Å². The van der Waals surface area contributed by atoms with Crippen molar-refractivity contribution >= 4 is 111 Å². The fourth-order valence-electron chi connectivity index (χ4n) is 10.3. The highest BCUT2D eigenvalue weighted by atomic mass is 32.1. The molecule has 0 aliphatic heterocycles. The third-order valence-electron chi connectivity index (χ3n) is 15.5. The molecule has 9 amide bonds. The molecule has 7 aromatic rings. The maximum atomic E-state index is 14.9. The molecule has 24 heteroatoms. The Morgan fingerprint density at radius 3 is 1.51 bits per heavy atom. The second-order valence-corrected chi connectivity index (χ2v) is 23.4. The van der Waals surface area contributed by atoms with Crippen molar-refractivity contribution in [3.05, 3.63) is 162 Å². The Hall–Kier alpha value is -8.97. The van der Waals surface area contributed by atoms with Crippen molar-refractivity contribution < 1.29 is 48.3 Å². The first-order chi connectivity index (χ1) is 43.1. The minimum atomic E-state index is -1.44. The van der Waals surface area contributed by atoms with E-state index in [2.05, 4.69) is 72.8 Å². The first-order valence-electron chi connectivity index (χ1n) is 29.8. The summed E-state index contributed by atoms with van der Waals surface area (Å²) in [5, 5.41) is 36.4. The number of rotatable bonds is 32. The normalized spacial score (nSPS) is 14.4. The largest absolute Gasteiger partial charge is 0.508 e. The molecule has 0 aliphatic carbocycles. The Balaban J connectivity index is 1.06. The summed E-state index contributed by atoms with van der Waals surface area (Å²) in [6, 6.07) is 28.5. The summed E-state index contributed by atoms with van der Waals surface area (Å²) >= 11 is 8.69. The van der Waals surface area contributed by atoms with E-state index in [0.29, 0.717) is 24.0 Å². The van der Waals surface area contributed by atoms with Gasteiger partial charge >= 0.3 is 0 Å². The molecule has 9 atom stereocenters. The zero-order valence-electron chi connectivity index (χ0n) is 50.4. The van der Waals surface area contributed by atoms with Gasteiger partial charge in [0, 0.05) is 47.9 Å². The third kappa shape index (κ3) is 19.3. The van der Waals surface area contributed by atoms with Crippen LogP contribution in [0, 0.1) is 5.92 Å². The van der Waals surface area contributed by atoms with E-state index >= 15 is 0 Å². The predicted molar refractivity (Wildman–Crippen MR) is 353 cm³/mol. The van der Waals surface area contributed by atoms with Crippen LogP contribution in [0.15, 0.2) is 140 Å². The molecule has 90 heavy (non-hydrogen) atoms. The smallest absolute Gasteiger partial charge is 0.244 e. The van der Waals surface area contributed by atoms with Gasteiger partial charge in [-0.25, -0.2) is 0 Å². The number of aromatic amines is 1. The lowest BCUT2D eigenvalue weighted by Crippen LogP contribution is -2.61. The lowest BCUT2D eigenvalue weighted by atomic mass is 9.99. The standard InChI is InChI=1S/C66H80N12O10S2/c1-37(2)57(66(88)77-56(36-90)64(86)73-52(58(69)80)32-41-20-24-43-13-5-7-15-45(43)29-41)78-61(83)51(18-10-11-27-67)72-63(85)54(33-46-34-70-50-17-9-8-16-48(46)50)75-62(84)53(31-39-21-25-47(79)26-22-39)74-65(87)55(35-89)76-59(81)38(3)71-60(82)49(68)30-40-19-23-42-12-4-6-14-44(42)28-40/h4-9,12-17,19-26,28-29,34,37-38,49,51-57,70,79,89-90H,10-11,18,27,30-33,35-36,67-68H2,1-3H3,(H2,69,80)(H,71,82)(H,72,85)(H,73,86)(H,74,87)(H,75,84)(H,76,81)(H,77,88)(H,78,83)/t38-,49-,51+,52+,53+,54-,55+,56+,57+/m1/s1. The maximum absolute atomic E-state index is 14.9. The Labute approximate surface area is 533 Å². The van der Waals surface area contributed by atoms with E-state index < -0.39 is 113 Å². The van der Waals surface area contributed by atoms with Crippen molar-refractivity contribution in [2.24, 2.45) is 23.1 Å². The van der Waals surface area contributed by atoms with Crippen LogP contribution in [0.1, 0.15) is 62.3 Å². The Kier molecular flexibility index (Phi) is 25.1. The highest BCUT2D eigenvalue weighted by Crippen LogP contribution is 2.22. The molecule has 0 spiro atoms. The van der Waals surface area contributed by atoms with E-state index in [1.807, 2.05) is 103 Å². The number of aromatic hydroxyl groups is 1. The summed E-state index contributed by atoms with van der Waals surface area (Å²) < 4.78 is 0. The number of phenols is 1. The number of amides is 9. The van der Waals surface area contributed by atoms with Gasteiger partial charge in [-0.3, -0.25) is 43.2 Å².